The molecule has 31 heavy (non-hydrogen) atoms. The normalized spacial score (nSPS) is 11.8. The van der Waals surface area contributed by atoms with Gasteiger partial charge in [0.15, 0.2) is 5.65 Å². The van der Waals surface area contributed by atoms with Crippen molar-refractivity contribution in [2.75, 3.05) is 0 Å². The summed E-state index contributed by atoms with van der Waals surface area (Å²) in [5.41, 5.74) is 4.10. The first-order valence-corrected chi connectivity index (χ1v) is 10.4. The van der Waals surface area contributed by atoms with E-state index >= 15 is 0 Å². The molecule has 150 valence electrons. The van der Waals surface area contributed by atoms with E-state index in [4.69, 9.17) is 9.97 Å². The van der Waals surface area contributed by atoms with Crippen LogP contribution < -0.4 is 11.1 Å². The Bertz CT molecular complexity index is 1800. The molecule has 0 aliphatic rings. The van der Waals surface area contributed by atoms with Crippen molar-refractivity contribution < 1.29 is 0 Å². The van der Waals surface area contributed by atoms with Crippen LogP contribution in [0.25, 0.3) is 44.4 Å². The van der Waals surface area contributed by atoms with Gasteiger partial charge in [0.1, 0.15) is 22.1 Å². The number of nitrogens with one attached hydrogen (secondary N) is 1. The molecule has 8 heteroatoms. The van der Waals surface area contributed by atoms with E-state index in [2.05, 4.69) is 20.9 Å². The molecule has 0 bridgehead atoms. The van der Waals surface area contributed by atoms with Gasteiger partial charge in [0.05, 0.1) is 15.6 Å². The Morgan fingerprint density at radius 3 is 2.35 bits per heavy atom. The number of fused-ring (bicyclic) bond motifs is 5. The van der Waals surface area contributed by atoms with Gasteiger partial charge in [-0.15, -0.1) is 0 Å². The molecule has 0 aliphatic heterocycles. The molecular formula is C23H14BrN5O2. The molecule has 0 saturated heterocycles. The monoisotopic (exact) mass is 471 g/mol. The fourth-order valence-electron chi connectivity index (χ4n) is 3.99. The van der Waals surface area contributed by atoms with Crippen LogP contribution in [-0.4, -0.2) is 23.9 Å². The van der Waals surface area contributed by atoms with E-state index in [1.165, 1.54) is 4.40 Å². The van der Waals surface area contributed by atoms with Gasteiger partial charge in [0, 0.05) is 5.69 Å². The van der Waals surface area contributed by atoms with Gasteiger partial charge in [0.2, 0.25) is 0 Å². The van der Waals surface area contributed by atoms with Gasteiger partial charge in [-0.05, 0) is 59.3 Å². The lowest BCUT2D eigenvalue weighted by molar-refractivity contribution is 1.09. The molecule has 0 saturated carbocycles. The van der Waals surface area contributed by atoms with Crippen molar-refractivity contribution in [3.63, 3.8) is 0 Å². The Morgan fingerprint density at radius 2 is 1.61 bits per heavy atom. The maximum Gasteiger partial charge on any atom is 0.273 e. The Labute approximate surface area is 182 Å². The van der Waals surface area contributed by atoms with Crippen LogP contribution in [0.2, 0.25) is 0 Å². The van der Waals surface area contributed by atoms with Crippen molar-refractivity contribution in [3.8, 4) is 5.69 Å². The molecule has 0 amide bonds. The molecule has 1 N–H and O–H groups in total. The molecule has 0 atom stereocenters. The highest BCUT2D eigenvalue weighted by atomic mass is 79.9. The summed E-state index contributed by atoms with van der Waals surface area (Å²) in [6.07, 6.45) is 0. The fourth-order valence-corrected chi connectivity index (χ4v) is 4.47. The maximum atomic E-state index is 13.7. The highest BCUT2D eigenvalue weighted by molar-refractivity contribution is 9.10. The zero-order valence-corrected chi connectivity index (χ0v) is 17.8. The number of hydrogen-bond donors (Lipinski definition) is 1. The number of hydrogen-bond acceptors (Lipinski definition) is 4. The second kappa shape index (κ2) is 6.36. The standard InChI is InChI=1S/C23H14BrN5O2/c1-12-6-8-13(9-7-12)28-20-18(19-21(28)26-15-5-3-2-4-14(15)25-19)23(31)29-16(22(30)27-20)10-11-17(29)24/h2-11H,1H3,(H,27,30). The summed E-state index contributed by atoms with van der Waals surface area (Å²) in [7, 11) is 0. The minimum Gasteiger partial charge on any atom is -0.306 e. The molecule has 0 radical (unpaired) electrons. The van der Waals surface area contributed by atoms with Crippen LogP contribution in [0, 0.1) is 6.92 Å². The smallest absolute Gasteiger partial charge is 0.273 e. The molecule has 0 aliphatic carbocycles. The molecule has 0 unspecified atom stereocenters. The van der Waals surface area contributed by atoms with Crippen molar-refractivity contribution in [2.45, 2.75) is 6.92 Å². The lowest BCUT2D eigenvalue weighted by Gasteiger charge is -2.06. The molecule has 0 spiro atoms. The van der Waals surface area contributed by atoms with Gasteiger partial charge in [-0.2, -0.15) is 0 Å². The minimum absolute atomic E-state index is 0.255. The summed E-state index contributed by atoms with van der Waals surface area (Å²) in [6, 6.07) is 18.6. The molecule has 2 aromatic carbocycles. The molecular weight excluding hydrogens is 458 g/mol. The van der Waals surface area contributed by atoms with E-state index in [1.807, 2.05) is 55.5 Å². The van der Waals surface area contributed by atoms with Crippen LogP contribution in [0.5, 0.6) is 0 Å². The van der Waals surface area contributed by atoms with Crippen LogP contribution in [0.4, 0.5) is 0 Å². The average molecular weight is 472 g/mol. The maximum absolute atomic E-state index is 13.7. The van der Waals surface area contributed by atoms with Crippen LogP contribution in [0.3, 0.4) is 0 Å². The lowest BCUT2D eigenvalue weighted by atomic mass is 10.2. The van der Waals surface area contributed by atoms with E-state index in [0.717, 1.165) is 11.3 Å². The Morgan fingerprint density at radius 1 is 0.903 bits per heavy atom. The van der Waals surface area contributed by atoms with Gasteiger partial charge < -0.3 is 4.98 Å². The molecule has 6 aromatic rings. The third-order valence-electron chi connectivity index (χ3n) is 5.47. The zero-order chi connectivity index (χ0) is 21.3. The first kappa shape index (κ1) is 18.0. The summed E-state index contributed by atoms with van der Waals surface area (Å²) in [5, 5.41) is 0.304. The quantitative estimate of drug-likeness (QED) is 0.391. The van der Waals surface area contributed by atoms with Gasteiger partial charge in [-0.1, -0.05) is 29.8 Å². The van der Waals surface area contributed by atoms with E-state index in [1.54, 1.807) is 16.7 Å². The number of rotatable bonds is 1. The van der Waals surface area contributed by atoms with Crippen molar-refractivity contribution in [2.24, 2.45) is 0 Å². The fraction of sp³-hybridized carbons (Fsp3) is 0.0435. The lowest BCUT2D eigenvalue weighted by Crippen LogP contribution is -2.12. The number of para-hydroxylation sites is 2. The summed E-state index contributed by atoms with van der Waals surface area (Å²) in [4.78, 5) is 39.2. The Hall–Kier alpha value is -3.78. The highest BCUT2D eigenvalue weighted by Crippen LogP contribution is 2.28. The molecule has 0 fully saturated rings. The van der Waals surface area contributed by atoms with Crippen LogP contribution in [-0.2, 0) is 0 Å². The number of aromatic nitrogens is 5. The highest BCUT2D eigenvalue weighted by Gasteiger charge is 2.21. The van der Waals surface area contributed by atoms with Crippen LogP contribution in [0.1, 0.15) is 5.56 Å². The number of aryl methyl sites for hydroxylation is 1. The van der Waals surface area contributed by atoms with Crippen molar-refractivity contribution in [1.82, 2.24) is 23.9 Å². The summed E-state index contributed by atoms with van der Waals surface area (Å²) in [5.74, 6) is 0. The largest absolute Gasteiger partial charge is 0.306 e. The predicted molar refractivity (Wildman–Crippen MR) is 124 cm³/mol. The third kappa shape index (κ3) is 2.51. The van der Waals surface area contributed by atoms with E-state index in [-0.39, 0.29) is 16.6 Å². The number of benzene rings is 2. The second-order valence-corrected chi connectivity index (χ2v) is 8.23. The van der Waals surface area contributed by atoms with E-state index < -0.39 is 0 Å². The van der Waals surface area contributed by atoms with Crippen LogP contribution in [0.15, 0.2) is 74.9 Å². The Kier molecular flexibility index (Phi) is 3.70. The topological polar surface area (TPSA) is 85.0 Å². The molecule has 4 heterocycles. The summed E-state index contributed by atoms with van der Waals surface area (Å²) < 4.78 is 3.65. The first-order chi connectivity index (χ1) is 15.0. The predicted octanol–water partition coefficient (Wildman–Crippen LogP) is 4.10. The zero-order valence-electron chi connectivity index (χ0n) is 16.3. The molecule has 4 aromatic heterocycles. The van der Waals surface area contributed by atoms with E-state index in [0.29, 0.717) is 37.8 Å². The summed E-state index contributed by atoms with van der Waals surface area (Å²) in [6.45, 7) is 2.00. The molecule has 6 rings (SSSR count). The minimum atomic E-state index is -0.376. The van der Waals surface area contributed by atoms with Crippen LogP contribution >= 0.6 is 15.9 Å². The third-order valence-corrected chi connectivity index (χ3v) is 6.09. The first-order valence-electron chi connectivity index (χ1n) is 9.64. The van der Waals surface area contributed by atoms with Gasteiger partial charge in [0.25, 0.3) is 11.1 Å². The Balaban J connectivity index is 1.96. The van der Waals surface area contributed by atoms with Gasteiger partial charge >= 0.3 is 0 Å². The van der Waals surface area contributed by atoms with Crippen molar-refractivity contribution in [3.05, 3.63) is 91.5 Å². The summed E-state index contributed by atoms with van der Waals surface area (Å²) >= 11 is 3.39. The van der Waals surface area contributed by atoms with E-state index in [9.17, 15) is 9.59 Å². The SMILES string of the molecule is Cc1ccc(-n2c3nc4ccccc4nc3c3c(=O)n4c(Br)ccc4c(=O)[nH]c32)cc1. The van der Waals surface area contributed by atoms with Gasteiger partial charge in [-0.25, -0.2) is 9.97 Å². The average Bonchev–Trinajstić information content (AvgIpc) is 3.26. The van der Waals surface area contributed by atoms with Crippen molar-refractivity contribution in [1.29, 1.82) is 0 Å². The van der Waals surface area contributed by atoms with Gasteiger partial charge in [-0.3, -0.25) is 18.6 Å². The number of aromatic amines is 1. The van der Waals surface area contributed by atoms with Crippen molar-refractivity contribution >= 4 is 54.7 Å². The number of halogens is 1. The number of nitrogens with zero attached hydrogens (tertiary/aromatic N) is 4. The second-order valence-electron chi connectivity index (χ2n) is 7.42. The molecule has 7 nitrogen and oxygen atoms in total. The number of H-pyrrole nitrogens is 1.